The monoisotopic (exact) mass is 506 g/mol. The zero-order valence-electron chi connectivity index (χ0n) is 22.2. The Morgan fingerprint density at radius 1 is 1.08 bits per heavy atom. The second kappa shape index (κ2) is 9.96. The lowest BCUT2D eigenvalue weighted by Gasteiger charge is -2.61. The van der Waals surface area contributed by atoms with E-state index in [1.807, 2.05) is 0 Å². The molecule has 0 aromatic heterocycles. The van der Waals surface area contributed by atoms with Crippen molar-refractivity contribution >= 4 is 5.97 Å². The summed E-state index contributed by atoms with van der Waals surface area (Å²) in [6, 6.07) is 0. The van der Waals surface area contributed by atoms with Gasteiger partial charge in [0, 0.05) is 13.5 Å². The van der Waals surface area contributed by atoms with Gasteiger partial charge < -0.3 is 29.5 Å². The Morgan fingerprint density at radius 2 is 1.86 bits per heavy atom. The Balaban J connectivity index is 1.26. The molecule has 5 rings (SSSR count). The van der Waals surface area contributed by atoms with Crippen molar-refractivity contribution in [3.8, 4) is 0 Å². The minimum Gasteiger partial charge on any atom is -0.457 e. The van der Waals surface area contributed by atoms with Crippen LogP contribution in [0.3, 0.4) is 0 Å². The molecule has 36 heavy (non-hydrogen) atoms. The van der Waals surface area contributed by atoms with Crippen molar-refractivity contribution in [3.05, 3.63) is 12.7 Å². The van der Waals surface area contributed by atoms with Crippen molar-refractivity contribution in [1.29, 1.82) is 0 Å². The first kappa shape index (κ1) is 26.6. The summed E-state index contributed by atoms with van der Waals surface area (Å²) in [6.45, 7) is 9.87. The molecule has 7 heteroatoms. The van der Waals surface area contributed by atoms with Gasteiger partial charge in [-0.2, -0.15) is 0 Å². The van der Waals surface area contributed by atoms with Crippen LogP contribution in [0.2, 0.25) is 0 Å². The molecular formula is C29H46O7. The van der Waals surface area contributed by atoms with Gasteiger partial charge in [0.15, 0.2) is 12.4 Å². The smallest absolute Gasteiger partial charge is 0.303 e. The highest BCUT2D eigenvalue weighted by molar-refractivity contribution is 5.66. The van der Waals surface area contributed by atoms with Crippen molar-refractivity contribution in [1.82, 2.24) is 0 Å². The van der Waals surface area contributed by atoms with E-state index in [2.05, 4.69) is 19.6 Å². The van der Waals surface area contributed by atoms with Crippen molar-refractivity contribution in [2.24, 2.45) is 40.4 Å². The fraction of sp³-hybridized carbons (Fsp3) is 0.897. The van der Waals surface area contributed by atoms with Crippen LogP contribution in [0.15, 0.2) is 12.7 Å². The number of ether oxygens (including phenoxy) is 3. The zero-order chi connectivity index (χ0) is 25.8. The maximum atomic E-state index is 11.4. The molecular weight excluding hydrogens is 460 g/mol. The third-order valence-electron chi connectivity index (χ3n) is 11.4. The summed E-state index contributed by atoms with van der Waals surface area (Å²) in [4.78, 5) is 11.4. The van der Waals surface area contributed by atoms with Gasteiger partial charge in [0.1, 0.15) is 12.2 Å². The van der Waals surface area contributed by atoms with Crippen molar-refractivity contribution < 1.29 is 34.3 Å². The fourth-order valence-electron chi connectivity index (χ4n) is 9.53. The van der Waals surface area contributed by atoms with Crippen molar-refractivity contribution in [2.45, 2.75) is 115 Å². The Labute approximate surface area is 215 Å². The van der Waals surface area contributed by atoms with E-state index in [0.29, 0.717) is 29.1 Å². The summed E-state index contributed by atoms with van der Waals surface area (Å²) >= 11 is 0. The molecule has 1 aliphatic heterocycles. The average molecular weight is 507 g/mol. The SMILES string of the molecule is C=C[C@H]1CC[C@H]2[C@@H]3CC[C@H]4C[C@@H](O[C@@H]5O[C@@H](C)[C@@H](OC(C)=O)[C@@H](O)[C@@H]5O)CC[C@]4(CO)[C@H]3CC[C@]12C. The topological polar surface area (TPSA) is 105 Å². The highest BCUT2D eigenvalue weighted by atomic mass is 16.7. The largest absolute Gasteiger partial charge is 0.457 e. The van der Waals surface area contributed by atoms with Gasteiger partial charge in [-0.1, -0.05) is 13.0 Å². The lowest BCUT2D eigenvalue weighted by atomic mass is 9.44. The molecule has 7 nitrogen and oxygen atoms in total. The first-order chi connectivity index (χ1) is 17.1. The first-order valence-electron chi connectivity index (χ1n) is 14.2. The third kappa shape index (κ3) is 4.17. The van der Waals surface area contributed by atoms with Gasteiger partial charge in [0.25, 0.3) is 0 Å². The van der Waals surface area contributed by atoms with Crippen molar-refractivity contribution in [2.75, 3.05) is 6.61 Å². The molecule has 3 N–H and O–H groups in total. The number of esters is 1. The predicted molar refractivity (Wildman–Crippen MR) is 134 cm³/mol. The number of allylic oxidation sites excluding steroid dienone is 1. The lowest BCUT2D eigenvalue weighted by molar-refractivity contribution is -0.312. The number of fused-ring (bicyclic) bond motifs is 5. The second-order valence-electron chi connectivity index (χ2n) is 12.8. The van der Waals surface area contributed by atoms with Crippen LogP contribution in [0.5, 0.6) is 0 Å². The maximum Gasteiger partial charge on any atom is 0.303 e. The van der Waals surface area contributed by atoms with E-state index in [-0.39, 0.29) is 18.1 Å². The quantitative estimate of drug-likeness (QED) is 0.297. The summed E-state index contributed by atoms with van der Waals surface area (Å²) in [7, 11) is 0. The summed E-state index contributed by atoms with van der Waals surface area (Å²) in [6.07, 6.45) is 6.93. The highest BCUT2D eigenvalue weighted by Crippen LogP contribution is 2.67. The van der Waals surface area contributed by atoms with E-state index in [1.165, 1.54) is 39.0 Å². The Hall–Kier alpha value is -0.990. The van der Waals surface area contributed by atoms with Crippen LogP contribution < -0.4 is 0 Å². The molecule has 5 fully saturated rings. The Morgan fingerprint density at radius 3 is 2.56 bits per heavy atom. The molecule has 0 amide bonds. The van der Waals surface area contributed by atoms with Crippen LogP contribution in [-0.4, -0.2) is 64.7 Å². The van der Waals surface area contributed by atoms with Crippen LogP contribution in [-0.2, 0) is 19.0 Å². The van der Waals surface area contributed by atoms with Gasteiger partial charge >= 0.3 is 5.97 Å². The van der Waals surface area contributed by atoms with Crippen LogP contribution >= 0.6 is 0 Å². The van der Waals surface area contributed by atoms with Crippen LogP contribution in [0.1, 0.15) is 78.6 Å². The molecule has 0 radical (unpaired) electrons. The molecule has 1 saturated heterocycles. The van der Waals surface area contributed by atoms with Gasteiger partial charge in [-0.15, -0.1) is 6.58 Å². The third-order valence-corrected chi connectivity index (χ3v) is 11.4. The lowest BCUT2D eigenvalue weighted by Crippen LogP contribution is -2.60. The van der Waals surface area contributed by atoms with Crippen molar-refractivity contribution in [3.63, 3.8) is 0 Å². The molecule has 0 unspecified atom stereocenters. The van der Waals surface area contributed by atoms with E-state index in [4.69, 9.17) is 14.2 Å². The molecule has 1 heterocycles. The summed E-state index contributed by atoms with van der Waals surface area (Å²) in [5.41, 5.74) is 0.318. The molecule has 0 spiro atoms. The van der Waals surface area contributed by atoms with Crippen LogP contribution in [0.4, 0.5) is 0 Å². The molecule has 13 atom stereocenters. The van der Waals surface area contributed by atoms with Gasteiger partial charge in [-0.3, -0.25) is 4.79 Å². The Bertz CT molecular complexity index is 832. The van der Waals surface area contributed by atoms with Gasteiger partial charge in [0.2, 0.25) is 0 Å². The second-order valence-corrected chi connectivity index (χ2v) is 12.8. The Kier molecular flexibility index (Phi) is 7.36. The number of hydrogen-bond acceptors (Lipinski definition) is 7. The molecule has 0 bridgehead atoms. The molecule has 204 valence electrons. The normalized spacial score (nSPS) is 52.6. The van der Waals surface area contributed by atoms with Crippen LogP contribution in [0, 0.1) is 40.4 Å². The van der Waals surface area contributed by atoms with Crippen LogP contribution in [0.25, 0.3) is 0 Å². The van der Waals surface area contributed by atoms with E-state index < -0.39 is 36.7 Å². The molecule has 4 saturated carbocycles. The molecule has 0 aromatic rings. The standard InChI is InChI=1S/C29H46O7/c1-5-18-7-9-22-21-8-6-19-14-20(10-13-29(19,15-30)23(21)11-12-28(18,22)4)36-27-25(33)24(32)26(16(2)34-27)35-17(3)31/h5,16,18-27,30,32-33H,1,6-15H2,2-4H3/t16-,18-,19-,20-,21-,22-,23-,24-,25-,26+,27-,28+,29+/m0/s1. The number of carbonyl (C=O) groups is 1. The number of hydrogen-bond donors (Lipinski definition) is 3. The van der Waals surface area contributed by atoms with Gasteiger partial charge in [-0.25, -0.2) is 0 Å². The maximum absolute atomic E-state index is 11.4. The van der Waals surface area contributed by atoms with Gasteiger partial charge in [0.05, 0.1) is 12.2 Å². The van der Waals surface area contributed by atoms with E-state index in [0.717, 1.165) is 31.6 Å². The highest BCUT2D eigenvalue weighted by Gasteiger charge is 2.61. The number of carbonyl (C=O) groups excluding carboxylic acids is 1. The van der Waals surface area contributed by atoms with E-state index in [1.54, 1.807) is 6.92 Å². The zero-order valence-corrected chi connectivity index (χ0v) is 22.2. The van der Waals surface area contributed by atoms with E-state index in [9.17, 15) is 20.1 Å². The first-order valence-corrected chi connectivity index (χ1v) is 14.2. The van der Waals surface area contributed by atoms with E-state index >= 15 is 0 Å². The minimum absolute atomic E-state index is 0.0460. The number of aliphatic hydroxyl groups excluding tert-OH is 3. The molecule has 4 aliphatic carbocycles. The number of aliphatic hydroxyl groups is 3. The predicted octanol–water partition coefficient (Wildman–Crippen LogP) is 3.59. The number of rotatable bonds is 5. The summed E-state index contributed by atoms with van der Waals surface area (Å²) < 4.78 is 17.3. The molecule has 0 aromatic carbocycles. The minimum atomic E-state index is -1.29. The van der Waals surface area contributed by atoms with Gasteiger partial charge in [-0.05, 0) is 105 Å². The average Bonchev–Trinajstić information content (AvgIpc) is 3.21. The summed E-state index contributed by atoms with van der Waals surface area (Å²) in [5.74, 6) is 2.47. The summed E-state index contributed by atoms with van der Waals surface area (Å²) in [5, 5.41) is 32.1. The fourth-order valence-corrected chi connectivity index (χ4v) is 9.53. The molecule has 5 aliphatic rings.